The van der Waals surface area contributed by atoms with Gasteiger partial charge in [-0.25, -0.2) is 0 Å². The van der Waals surface area contributed by atoms with E-state index in [2.05, 4.69) is 5.32 Å². The van der Waals surface area contributed by atoms with Gasteiger partial charge in [-0.15, -0.1) is 0 Å². The number of ether oxygens (including phenoxy) is 3. The first kappa shape index (κ1) is 21.8. The second kappa shape index (κ2) is 9.28. The minimum Gasteiger partial charge on any atom is -0.493 e. The van der Waals surface area contributed by atoms with Crippen LogP contribution in [0.2, 0.25) is 0 Å². The highest BCUT2D eigenvalue weighted by Crippen LogP contribution is 2.29. The summed E-state index contributed by atoms with van der Waals surface area (Å²) in [5, 5.41) is 2.83. The van der Waals surface area contributed by atoms with Gasteiger partial charge in [-0.2, -0.15) is 0 Å². The molecule has 1 saturated heterocycles. The van der Waals surface area contributed by atoms with E-state index in [0.717, 1.165) is 11.1 Å². The quantitative estimate of drug-likeness (QED) is 0.576. The summed E-state index contributed by atoms with van der Waals surface area (Å²) >= 11 is 0. The van der Waals surface area contributed by atoms with Gasteiger partial charge in [-0.05, 0) is 43.0 Å². The molecule has 0 bridgehead atoms. The summed E-state index contributed by atoms with van der Waals surface area (Å²) in [5.41, 5.74) is 7.10. The van der Waals surface area contributed by atoms with Gasteiger partial charge in [-0.1, -0.05) is 36.4 Å². The van der Waals surface area contributed by atoms with Gasteiger partial charge in [0.15, 0.2) is 17.3 Å². The van der Waals surface area contributed by atoms with E-state index in [0.29, 0.717) is 30.9 Å². The lowest BCUT2D eigenvalue weighted by atomic mass is 9.94. The molecule has 1 heterocycles. The molecule has 1 aliphatic heterocycles. The van der Waals surface area contributed by atoms with E-state index in [1.54, 1.807) is 33.3 Å². The maximum Gasteiger partial charge on any atom is 0.237 e. The van der Waals surface area contributed by atoms with E-state index in [-0.39, 0.29) is 11.7 Å². The van der Waals surface area contributed by atoms with Gasteiger partial charge in [0.05, 0.1) is 32.9 Å². The van der Waals surface area contributed by atoms with Crippen molar-refractivity contribution < 1.29 is 23.8 Å². The average molecular weight is 412 g/mol. The summed E-state index contributed by atoms with van der Waals surface area (Å²) in [7, 11) is 3.11. The van der Waals surface area contributed by atoms with E-state index in [9.17, 15) is 9.59 Å². The lowest BCUT2D eigenvalue weighted by Crippen LogP contribution is -2.52. The topological polar surface area (TPSA) is 103 Å². The molecule has 3 atom stereocenters. The van der Waals surface area contributed by atoms with Gasteiger partial charge in [0.1, 0.15) is 5.60 Å². The fourth-order valence-electron chi connectivity index (χ4n) is 3.31. The summed E-state index contributed by atoms with van der Waals surface area (Å²) in [4.78, 5) is 25.7. The summed E-state index contributed by atoms with van der Waals surface area (Å²) in [6.07, 6.45) is 0.680. The van der Waals surface area contributed by atoms with Crippen molar-refractivity contribution in [2.24, 2.45) is 5.73 Å². The van der Waals surface area contributed by atoms with E-state index in [1.165, 1.54) is 0 Å². The maximum atomic E-state index is 12.9. The Balaban J connectivity index is 1.69. The standard InChI is InChI=1S/C23H28N2O5/c1-23(14-30-23)21(26)18(12-15-7-5-4-6-8-15)25-22(27)17(24)11-16-9-10-19(28-2)20(13-16)29-3/h4-10,13,17-18H,11-12,14,24H2,1-3H3,(H,25,27)/t17-,18?,23+/m0/s1. The normalized spacial score (nSPS) is 19.5. The van der Waals surface area contributed by atoms with E-state index >= 15 is 0 Å². The molecular formula is C23H28N2O5. The number of carbonyl (C=O) groups excluding carboxylic acids is 2. The van der Waals surface area contributed by atoms with Crippen LogP contribution in [0.4, 0.5) is 0 Å². The highest BCUT2D eigenvalue weighted by atomic mass is 16.6. The Morgan fingerprint density at radius 1 is 1.07 bits per heavy atom. The molecule has 1 fully saturated rings. The van der Waals surface area contributed by atoms with Crippen LogP contribution in [-0.2, 0) is 27.2 Å². The van der Waals surface area contributed by atoms with Crippen molar-refractivity contribution in [3.05, 3.63) is 59.7 Å². The summed E-state index contributed by atoms with van der Waals surface area (Å²) in [6.45, 7) is 2.10. The molecule has 2 aromatic rings. The lowest BCUT2D eigenvalue weighted by molar-refractivity contribution is -0.131. The first-order valence-electron chi connectivity index (χ1n) is 9.85. The molecule has 2 aromatic carbocycles. The smallest absolute Gasteiger partial charge is 0.237 e. The van der Waals surface area contributed by atoms with Crippen molar-refractivity contribution in [3.8, 4) is 11.5 Å². The molecule has 0 aromatic heterocycles. The first-order valence-corrected chi connectivity index (χ1v) is 9.85. The van der Waals surface area contributed by atoms with Gasteiger partial charge < -0.3 is 25.3 Å². The maximum absolute atomic E-state index is 12.9. The van der Waals surface area contributed by atoms with Gasteiger partial charge in [0.25, 0.3) is 0 Å². The largest absolute Gasteiger partial charge is 0.493 e. The monoisotopic (exact) mass is 412 g/mol. The number of hydrogen-bond acceptors (Lipinski definition) is 6. The van der Waals surface area contributed by atoms with Crippen LogP contribution in [0.1, 0.15) is 18.1 Å². The molecule has 160 valence electrons. The van der Waals surface area contributed by atoms with E-state index in [4.69, 9.17) is 19.9 Å². The Hall–Kier alpha value is -2.90. The molecule has 0 radical (unpaired) electrons. The number of Topliss-reactive ketones (excluding diaryl/α,β-unsaturated/α-hetero) is 1. The van der Waals surface area contributed by atoms with Gasteiger partial charge >= 0.3 is 0 Å². The van der Waals surface area contributed by atoms with Crippen LogP contribution in [0.3, 0.4) is 0 Å². The van der Waals surface area contributed by atoms with Gasteiger partial charge in [-0.3, -0.25) is 9.59 Å². The minimum atomic E-state index is -0.833. The molecule has 1 aliphatic rings. The third-order valence-electron chi connectivity index (χ3n) is 5.25. The predicted octanol–water partition coefficient (Wildman–Crippen LogP) is 1.66. The van der Waals surface area contributed by atoms with Crippen LogP contribution >= 0.6 is 0 Å². The molecule has 0 aliphatic carbocycles. The Kier molecular flexibility index (Phi) is 6.74. The average Bonchev–Trinajstić information content (AvgIpc) is 3.51. The number of rotatable bonds is 10. The molecule has 7 nitrogen and oxygen atoms in total. The van der Waals surface area contributed by atoms with Crippen molar-refractivity contribution in [2.45, 2.75) is 37.5 Å². The fourth-order valence-corrected chi connectivity index (χ4v) is 3.31. The number of nitrogens with two attached hydrogens (primary N) is 1. The minimum absolute atomic E-state index is 0.141. The van der Waals surface area contributed by atoms with Crippen LogP contribution in [0.15, 0.2) is 48.5 Å². The number of ketones is 1. The molecule has 3 rings (SSSR count). The number of benzene rings is 2. The Bertz CT molecular complexity index is 896. The molecule has 0 spiro atoms. The summed E-state index contributed by atoms with van der Waals surface area (Å²) < 4.78 is 15.8. The zero-order valence-corrected chi connectivity index (χ0v) is 17.5. The van der Waals surface area contributed by atoms with Crippen LogP contribution < -0.4 is 20.5 Å². The van der Waals surface area contributed by atoms with Crippen LogP contribution in [0, 0.1) is 0 Å². The zero-order valence-electron chi connectivity index (χ0n) is 17.5. The Morgan fingerprint density at radius 3 is 2.33 bits per heavy atom. The van der Waals surface area contributed by atoms with Crippen molar-refractivity contribution in [2.75, 3.05) is 20.8 Å². The molecule has 30 heavy (non-hydrogen) atoms. The molecular weight excluding hydrogens is 384 g/mol. The third-order valence-corrected chi connectivity index (χ3v) is 5.25. The Morgan fingerprint density at radius 2 is 1.73 bits per heavy atom. The van der Waals surface area contributed by atoms with Crippen molar-refractivity contribution in [3.63, 3.8) is 0 Å². The number of epoxide rings is 1. The highest BCUT2D eigenvalue weighted by Gasteiger charge is 2.50. The van der Waals surface area contributed by atoms with Gasteiger partial charge in [0.2, 0.25) is 5.91 Å². The number of methoxy groups -OCH3 is 2. The number of amides is 1. The predicted molar refractivity (Wildman–Crippen MR) is 113 cm³/mol. The number of nitrogens with one attached hydrogen (secondary N) is 1. The highest BCUT2D eigenvalue weighted by molar-refractivity contribution is 5.97. The molecule has 1 amide bonds. The van der Waals surface area contributed by atoms with Crippen LogP contribution in [0.5, 0.6) is 11.5 Å². The molecule has 3 N–H and O–H groups in total. The summed E-state index contributed by atoms with van der Waals surface area (Å²) in [5.74, 6) is 0.644. The van der Waals surface area contributed by atoms with Crippen LogP contribution in [-0.4, -0.2) is 50.2 Å². The molecule has 7 heteroatoms. The SMILES string of the molecule is COc1ccc(C[C@H](N)C(=O)NC(Cc2ccccc2)C(=O)[C@@]2(C)CO2)cc1OC. The number of hydrogen-bond donors (Lipinski definition) is 2. The lowest BCUT2D eigenvalue weighted by Gasteiger charge is -2.22. The van der Waals surface area contributed by atoms with Crippen LogP contribution in [0.25, 0.3) is 0 Å². The second-order valence-corrected chi connectivity index (χ2v) is 7.63. The third kappa shape index (κ3) is 5.17. The summed E-state index contributed by atoms with van der Waals surface area (Å²) in [6, 6.07) is 13.4. The van der Waals surface area contributed by atoms with E-state index in [1.807, 2.05) is 36.4 Å². The van der Waals surface area contributed by atoms with E-state index < -0.39 is 17.7 Å². The molecule has 0 saturated carbocycles. The molecule has 1 unspecified atom stereocenters. The zero-order chi connectivity index (χ0) is 21.7. The van der Waals surface area contributed by atoms with Crippen molar-refractivity contribution in [1.82, 2.24) is 5.32 Å². The van der Waals surface area contributed by atoms with Crippen molar-refractivity contribution in [1.29, 1.82) is 0 Å². The first-order chi connectivity index (χ1) is 14.4. The second-order valence-electron chi connectivity index (χ2n) is 7.63. The van der Waals surface area contributed by atoms with Crippen molar-refractivity contribution >= 4 is 11.7 Å². The van der Waals surface area contributed by atoms with Gasteiger partial charge in [0, 0.05) is 0 Å². The Labute approximate surface area is 176 Å². The number of carbonyl (C=O) groups is 2. The fraction of sp³-hybridized carbons (Fsp3) is 0.391.